The van der Waals surface area contributed by atoms with E-state index in [1.807, 2.05) is 42.5 Å². The van der Waals surface area contributed by atoms with Crippen molar-refractivity contribution in [2.45, 2.75) is 25.8 Å². The van der Waals surface area contributed by atoms with Gasteiger partial charge in [0.2, 0.25) is 0 Å². The Hall–Kier alpha value is -3.02. The second-order valence-corrected chi connectivity index (χ2v) is 6.47. The van der Waals surface area contributed by atoms with E-state index in [1.54, 1.807) is 6.20 Å². The zero-order valence-electron chi connectivity index (χ0n) is 14.6. The van der Waals surface area contributed by atoms with Crippen LogP contribution in [-0.4, -0.2) is 34.2 Å². The Kier molecular flexibility index (Phi) is 4.73. The number of benzene rings is 1. The Labute approximate surface area is 152 Å². The molecule has 3 heterocycles. The molecule has 0 bridgehead atoms. The Morgan fingerprint density at radius 3 is 2.50 bits per heavy atom. The number of piperidine rings is 1. The predicted molar refractivity (Wildman–Crippen MR) is 101 cm³/mol. The Morgan fingerprint density at radius 1 is 0.962 bits per heavy atom. The van der Waals surface area contributed by atoms with Gasteiger partial charge in [-0.05, 0) is 31.4 Å². The van der Waals surface area contributed by atoms with Crippen LogP contribution >= 0.6 is 0 Å². The molecule has 0 atom stereocenters. The molecule has 0 saturated carbocycles. The molecule has 1 amide bonds. The second kappa shape index (κ2) is 7.47. The van der Waals surface area contributed by atoms with Crippen LogP contribution < -0.4 is 10.2 Å². The highest BCUT2D eigenvalue weighted by Crippen LogP contribution is 2.27. The fourth-order valence-corrected chi connectivity index (χ4v) is 3.35. The summed E-state index contributed by atoms with van der Waals surface area (Å²) in [6, 6.07) is 13.5. The molecule has 3 aromatic rings. The van der Waals surface area contributed by atoms with E-state index in [0.717, 1.165) is 35.4 Å². The van der Waals surface area contributed by atoms with Gasteiger partial charge in [0.05, 0.1) is 12.2 Å². The third-order valence-corrected chi connectivity index (χ3v) is 4.69. The Balaban J connectivity index is 1.62. The monoisotopic (exact) mass is 347 g/mol. The number of rotatable bonds is 4. The quantitative estimate of drug-likeness (QED) is 0.786. The first-order chi connectivity index (χ1) is 12.8. The summed E-state index contributed by atoms with van der Waals surface area (Å²) in [4.78, 5) is 19.2. The lowest BCUT2D eigenvalue weighted by Crippen LogP contribution is -2.31. The number of fused-ring (bicyclic) bond motifs is 1. The van der Waals surface area contributed by atoms with Crippen LogP contribution in [0.5, 0.6) is 0 Å². The molecule has 1 aliphatic rings. The first-order valence-corrected chi connectivity index (χ1v) is 9.01. The average molecular weight is 347 g/mol. The van der Waals surface area contributed by atoms with Gasteiger partial charge in [0.1, 0.15) is 0 Å². The molecule has 1 aromatic carbocycles. The van der Waals surface area contributed by atoms with E-state index in [0.29, 0.717) is 12.2 Å². The van der Waals surface area contributed by atoms with Gasteiger partial charge in [-0.3, -0.25) is 9.78 Å². The van der Waals surface area contributed by atoms with E-state index in [1.165, 1.54) is 19.3 Å². The van der Waals surface area contributed by atoms with Crippen LogP contribution in [0.3, 0.4) is 0 Å². The van der Waals surface area contributed by atoms with E-state index < -0.39 is 0 Å². The molecule has 0 unspecified atom stereocenters. The SMILES string of the molecule is O=C(NCc1ccccn1)c1nnc(N2CCCCC2)c2ccccc12. The third kappa shape index (κ3) is 3.35. The largest absolute Gasteiger partial charge is 0.355 e. The molecular weight excluding hydrogens is 326 g/mol. The van der Waals surface area contributed by atoms with E-state index in [9.17, 15) is 4.79 Å². The number of carbonyl (C=O) groups is 1. The number of amides is 1. The first-order valence-electron chi connectivity index (χ1n) is 9.01. The zero-order valence-corrected chi connectivity index (χ0v) is 14.6. The normalized spacial score (nSPS) is 14.4. The predicted octanol–water partition coefficient (Wildman–Crippen LogP) is 2.95. The maximum Gasteiger partial charge on any atom is 0.272 e. The minimum Gasteiger partial charge on any atom is -0.355 e. The number of pyridine rings is 1. The summed E-state index contributed by atoms with van der Waals surface area (Å²) in [5, 5.41) is 13.4. The van der Waals surface area contributed by atoms with Gasteiger partial charge in [-0.1, -0.05) is 30.3 Å². The fourth-order valence-electron chi connectivity index (χ4n) is 3.35. The topological polar surface area (TPSA) is 71.0 Å². The second-order valence-electron chi connectivity index (χ2n) is 6.47. The summed E-state index contributed by atoms with van der Waals surface area (Å²) < 4.78 is 0. The van der Waals surface area contributed by atoms with Gasteiger partial charge < -0.3 is 10.2 Å². The van der Waals surface area contributed by atoms with Crippen molar-refractivity contribution < 1.29 is 4.79 Å². The molecule has 132 valence electrons. The van der Waals surface area contributed by atoms with Gasteiger partial charge in [-0.15, -0.1) is 10.2 Å². The number of anilines is 1. The fraction of sp³-hybridized carbons (Fsp3) is 0.300. The molecule has 26 heavy (non-hydrogen) atoms. The minimum atomic E-state index is -0.232. The molecule has 1 fully saturated rings. The molecule has 1 aliphatic heterocycles. The van der Waals surface area contributed by atoms with Gasteiger partial charge in [0, 0.05) is 30.1 Å². The lowest BCUT2D eigenvalue weighted by molar-refractivity contribution is 0.0946. The van der Waals surface area contributed by atoms with E-state index in [4.69, 9.17) is 0 Å². The van der Waals surface area contributed by atoms with E-state index >= 15 is 0 Å². The minimum absolute atomic E-state index is 0.232. The zero-order chi connectivity index (χ0) is 17.8. The number of hydrogen-bond acceptors (Lipinski definition) is 5. The number of nitrogens with zero attached hydrogens (tertiary/aromatic N) is 4. The van der Waals surface area contributed by atoms with Crippen LogP contribution in [0.25, 0.3) is 10.8 Å². The highest BCUT2D eigenvalue weighted by Gasteiger charge is 2.20. The number of carbonyl (C=O) groups excluding carboxylic acids is 1. The van der Waals surface area contributed by atoms with E-state index in [2.05, 4.69) is 25.4 Å². The van der Waals surface area contributed by atoms with Gasteiger partial charge in [0.25, 0.3) is 5.91 Å². The molecule has 1 saturated heterocycles. The maximum atomic E-state index is 12.7. The summed E-state index contributed by atoms with van der Waals surface area (Å²) >= 11 is 0. The average Bonchev–Trinajstić information content (AvgIpc) is 2.72. The van der Waals surface area contributed by atoms with Crippen LogP contribution in [0, 0.1) is 0 Å². The van der Waals surface area contributed by atoms with Crippen molar-refractivity contribution in [3.8, 4) is 0 Å². The molecular formula is C20H21N5O. The van der Waals surface area contributed by atoms with Crippen LogP contribution in [0.1, 0.15) is 35.4 Å². The highest BCUT2D eigenvalue weighted by molar-refractivity contribution is 6.07. The van der Waals surface area contributed by atoms with Crippen molar-refractivity contribution in [1.29, 1.82) is 0 Å². The summed E-state index contributed by atoms with van der Waals surface area (Å²) in [5.41, 5.74) is 1.17. The summed E-state index contributed by atoms with van der Waals surface area (Å²) in [6.07, 6.45) is 5.31. The molecule has 0 radical (unpaired) electrons. The van der Waals surface area contributed by atoms with Gasteiger partial charge >= 0.3 is 0 Å². The third-order valence-electron chi connectivity index (χ3n) is 4.69. The summed E-state index contributed by atoms with van der Waals surface area (Å²) in [6.45, 7) is 2.34. The van der Waals surface area contributed by atoms with Crippen LogP contribution in [0.4, 0.5) is 5.82 Å². The van der Waals surface area contributed by atoms with Gasteiger partial charge in [-0.2, -0.15) is 0 Å². The molecule has 2 aromatic heterocycles. The number of aromatic nitrogens is 3. The molecule has 1 N–H and O–H groups in total. The first kappa shape index (κ1) is 16.4. The van der Waals surface area contributed by atoms with Crippen LogP contribution in [0.2, 0.25) is 0 Å². The van der Waals surface area contributed by atoms with Crippen LogP contribution in [-0.2, 0) is 6.54 Å². The van der Waals surface area contributed by atoms with E-state index in [-0.39, 0.29) is 5.91 Å². The van der Waals surface area contributed by atoms with Crippen LogP contribution in [0.15, 0.2) is 48.7 Å². The Morgan fingerprint density at radius 2 is 1.73 bits per heavy atom. The molecule has 4 rings (SSSR count). The summed E-state index contributed by atoms with van der Waals surface area (Å²) in [7, 11) is 0. The Bertz CT molecular complexity index is 906. The molecule has 6 nitrogen and oxygen atoms in total. The smallest absolute Gasteiger partial charge is 0.272 e. The van der Waals surface area contributed by atoms with Gasteiger partial charge in [0.15, 0.2) is 11.5 Å². The standard InChI is InChI=1S/C20H21N5O/c26-20(22-14-15-8-4-5-11-21-15)18-16-9-2-3-10-17(16)19(24-23-18)25-12-6-1-7-13-25/h2-5,8-11H,1,6-7,12-14H2,(H,22,26). The molecule has 0 aliphatic carbocycles. The lowest BCUT2D eigenvalue weighted by atomic mass is 10.1. The highest BCUT2D eigenvalue weighted by atomic mass is 16.1. The van der Waals surface area contributed by atoms with Crippen molar-refractivity contribution in [3.05, 3.63) is 60.0 Å². The summed E-state index contributed by atoms with van der Waals surface area (Å²) in [5.74, 6) is 0.645. The molecule has 0 spiro atoms. The van der Waals surface area contributed by atoms with Crippen molar-refractivity contribution in [3.63, 3.8) is 0 Å². The lowest BCUT2D eigenvalue weighted by Gasteiger charge is -2.28. The van der Waals surface area contributed by atoms with Gasteiger partial charge in [-0.25, -0.2) is 0 Å². The van der Waals surface area contributed by atoms with Crippen molar-refractivity contribution in [2.75, 3.05) is 18.0 Å². The number of nitrogens with one attached hydrogen (secondary N) is 1. The van der Waals surface area contributed by atoms with Crippen molar-refractivity contribution in [1.82, 2.24) is 20.5 Å². The number of hydrogen-bond donors (Lipinski definition) is 1. The van der Waals surface area contributed by atoms with Crippen molar-refractivity contribution >= 4 is 22.5 Å². The maximum absolute atomic E-state index is 12.7. The molecule has 6 heteroatoms. The van der Waals surface area contributed by atoms with Crippen molar-refractivity contribution in [2.24, 2.45) is 0 Å².